The molecular formula is C25H24ClN3O5S2. The SMILES string of the molecule is CC(=O)N1CCC2(C1)CN(C(=O)Cc1ncc(Cl)s1)c1ccc(Oc3ccc(S(C)(=O)=O)cc3)cc12. The van der Waals surface area contributed by atoms with Crippen LogP contribution in [-0.2, 0) is 31.3 Å². The van der Waals surface area contributed by atoms with Crippen molar-refractivity contribution < 1.29 is 22.7 Å². The average molecular weight is 546 g/mol. The number of rotatable bonds is 5. The van der Waals surface area contributed by atoms with Gasteiger partial charge in [0.05, 0.1) is 17.5 Å². The molecule has 1 atom stereocenters. The van der Waals surface area contributed by atoms with Crippen LogP contribution in [0.3, 0.4) is 0 Å². The third-order valence-corrected chi connectivity index (χ3v) is 8.95. The predicted molar refractivity (Wildman–Crippen MR) is 138 cm³/mol. The van der Waals surface area contributed by atoms with Crippen molar-refractivity contribution in [2.24, 2.45) is 0 Å². The summed E-state index contributed by atoms with van der Waals surface area (Å²) < 4.78 is 30.1. The van der Waals surface area contributed by atoms with Crippen molar-refractivity contribution in [2.75, 3.05) is 30.8 Å². The molecule has 2 amide bonds. The van der Waals surface area contributed by atoms with Crippen LogP contribution in [0, 0.1) is 0 Å². The summed E-state index contributed by atoms with van der Waals surface area (Å²) in [5, 5.41) is 0.654. The number of ether oxygens (including phenoxy) is 1. The fraction of sp³-hybridized carbons (Fsp3) is 0.320. The van der Waals surface area contributed by atoms with Crippen molar-refractivity contribution in [3.63, 3.8) is 0 Å². The normalized spacial score (nSPS) is 19.1. The molecule has 36 heavy (non-hydrogen) atoms. The summed E-state index contributed by atoms with van der Waals surface area (Å²) in [4.78, 5) is 33.5. The topological polar surface area (TPSA) is 96.9 Å². The van der Waals surface area contributed by atoms with Gasteiger partial charge in [0, 0.05) is 43.9 Å². The number of aromatic nitrogens is 1. The average Bonchev–Trinajstić information content (AvgIpc) is 3.52. The zero-order valence-electron chi connectivity index (χ0n) is 19.7. The zero-order chi connectivity index (χ0) is 25.7. The van der Waals surface area contributed by atoms with E-state index < -0.39 is 15.3 Å². The zero-order valence-corrected chi connectivity index (χ0v) is 22.1. The molecule has 11 heteroatoms. The summed E-state index contributed by atoms with van der Waals surface area (Å²) in [6.07, 6.45) is 3.58. The molecule has 3 heterocycles. The van der Waals surface area contributed by atoms with E-state index in [0.717, 1.165) is 23.9 Å². The Balaban J connectivity index is 1.46. The number of carbonyl (C=O) groups is 2. The first-order valence-electron chi connectivity index (χ1n) is 11.3. The van der Waals surface area contributed by atoms with Gasteiger partial charge in [0.1, 0.15) is 20.8 Å². The molecule has 0 N–H and O–H groups in total. The fourth-order valence-corrected chi connectivity index (χ4v) is 6.49. The van der Waals surface area contributed by atoms with E-state index in [0.29, 0.717) is 40.5 Å². The number of hydrogen-bond donors (Lipinski definition) is 0. The Kier molecular flexibility index (Phi) is 6.30. The van der Waals surface area contributed by atoms with E-state index >= 15 is 0 Å². The Morgan fingerprint density at radius 1 is 1.14 bits per heavy atom. The highest BCUT2D eigenvalue weighted by Crippen LogP contribution is 2.48. The number of likely N-dealkylation sites (tertiary alicyclic amines) is 1. The number of fused-ring (bicyclic) bond motifs is 2. The van der Waals surface area contributed by atoms with Gasteiger partial charge in [-0.1, -0.05) is 11.6 Å². The molecule has 2 aliphatic heterocycles. The summed E-state index contributed by atoms with van der Waals surface area (Å²) in [6.45, 7) is 3.17. The molecule has 0 saturated carbocycles. The molecule has 1 saturated heterocycles. The largest absolute Gasteiger partial charge is 0.457 e. The third kappa shape index (κ3) is 4.72. The van der Waals surface area contributed by atoms with Gasteiger partial charge >= 0.3 is 0 Å². The number of carbonyl (C=O) groups excluding carboxylic acids is 2. The van der Waals surface area contributed by atoms with E-state index in [2.05, 4.69) is 4.98 Å². The summed E-state index contributed by atoms with van der Waals surface area (Å²) in [6, 6.07) is 11.8. The number of thiazole rings is 1. The van der Waals surface area contributed by atoms with Crippen LogP contribution in [0.2, 0.25) is 4.34 Å². The molecule has 1 unspecified atom stereocenters. The molecule has 2 aliphatic rings. The Hall–Kier alpha value is -2.95. The molecule has 0 radical (unpaired) electrons. The van der Waals surface area contributed by atoms with Crippen LogP contribution >= 0.6 is 22.9 Å². The van der Waals surface area contributed by atoms with Gasteiger partial charge in [-0.05, 0) is 54.4 Å². The Bertz CT molecular complexity index is 1450. The summed E-state index contributed by atoms with van der Waals surface area (Å²) >= 11 is 7.28. The highest BCUT2D eigenvalue weighted by Gasteiger charge is 2.49. The van der Waals surface area contributed by atoms with Gasteiger partial charge in [0.2, 0.25) is 11.8 Å². The lowest BCUT2D eigenvalue weighted by molar-refractivity contribution is -0.127. The Morgan fingerprint density at radius 3 is 2.47 bits per heavy atom. The number of benzene rings is 2. The van der Waals surface area contributed by atoms with E-state index in [9.17, 15) is 18.0 Å². The van der Waals surface area contributed by atoms with Crippen molar-refractivity contribution >= 4 is 50.3 Å². The molecule has 1 spiro atoms. The molecule has 188 valence electrons. The van der Waals surface area contributed by atoms with Gasteiger partial charge < -0.3 is 14.5 Å². The maximum absolute atomic E-state index is 13.3. The van der Waals surface area contributed by atoms with Gasteiger partial charge in [-0.25, -0.2) is 13.4 Å². The maximum Gasteiger partial charge on any atom is 0.233 e. The lowest BCUT2D eigenvalue weighted by Gasteiger charge is -2.25. The number of halogens is 1. The highest BCUT2D eigenvalue weighted by molar-refractivity contribution is 7.90. The second-order valence-corrected chi connectivity index (χ2v) is 13.0. The van der Waals surface area contributed by atoms with Crippen LogP contribution in [0.4, 0.5) is 5.69 Å². The molecule has 0 aliphatic carbocycles. The Labute approximate surface area is 218 Å². The second-order valence-electron chi connectivity index (χ2n) is 9.21. The number of nitrogens with zero attached hydrogens (tertiary/aromatic N) is 3. The van der Waals surface area contributed by atoms with Crippen LogP contribution < -0.4 is 9.64 Å². The van der Waals surface area contributed by atoms with Crippen molar-refractivity contribution in [3.8, 4) is 11.5 Å². The molecule has 8 nitrogen and oxygen atoms in total. The van der Waals surface area contributed by atoms with E-state index in [1.165, 1.54) is 23.5 Å². The first kappa shape index (κ1) is 24.7. The molecular weight excluding hydrogens is 522 g/mol. The maximum atomic E-state index is 13.3. The van der Waals surface area contributed by atoms with E-state index in [4.69, 9.17) is 16.3 Å². The van der Waals surface area contributed by atoms with Gasteiger partial charge in [-0.3, -0.25) is 9.59 Å². The lowest BCUT2D eigenvalue weighted by Crippen LogP contribution is -2.40. The van der Waals surface area contributed by atoms with Crippen molar-refractivity contribution in [2.45, 2.75) is 30.1 Å². The van der Waals surface area contributed by atoms with Crippen LogP contribution in [0.5, 0.6) is 11.5 Å². The fourth-order valence-electron chi connectivity index (χ4n) is 4.91. The molecule has 0 bridgehead atoms. The molecule has 3 aromatic rings. The van der Waals surface area contributed by atoms with Gasteiger partial charge in [0.25, 0.3) is 0 Å². The highest BCUT2D eigenvalue weighted by atomic mass is 35.5. The number of hydrogen-bond acceptors (Lipinski definition) is 7. The first-order valence-corrected chi connectivity index (χ1v) is 14.4. The minimum Gasteiger partial charge on any atom is -0.457 e. The van der Waals surface area contributed by atoms with E-state index in [-0.39, 0.29) is 23.1 Å². The first-order chi connectivity index (χ1) is 17.0. The van der Waals surface area contributed by atoms with E-state index in [1.54, 1.807) is 36.2 Å². The van der Waals surface area contributed by atoms with Crippen LogP contribution in [0.25, 0.3) is 0 Å². The van der Waals surface area contributed by atoms with Gasteiger partial charge in [0.15, 0.2) is 9.84 Å². The predicted octanol–water partition coefficient (Wildman–Crippen LogP) is 4.07. The monoisotopic (exact) mass is 545 g/mol. The van der Waals surface area contributed by atoms with Crippen LogP contribution in [0.15, 0.2) is 53.6 Å². The lowest BCUT2D eigenvalue weighted by atomic mass is 9.81. The second kappa shape index (κ2) is 9.17. The molecule has 2 aromatic carbocycles. The van der Waals surface area contributed by atoms with Crippen LogP contribution in [0.1, 0.15) is 23.9 Å². The van der Waals surface area contributed by atoms with Crippen molar-refractivity contribution in [1.82, 2.24) is 9.88 Å². The van der Waals surface area contributed by atoms with E-state index in [1.807, 2.05) is 17.0 Å². The quantitative estimate of drug-likeness (QED) is 0.479. The Morgan fingerprint density at radius 2 is 1.86 bits per heavy atom. The summed E-state index contributed by atoms with van der Waals surface area (Å²) in [7, 11) is -3.30. The van der Waals surface area contributed by atoms with Crippen molar-refractivity contribution in [1.29, 1.82) is 0 Å². The number of anilines is 1. The van der Waals surface area contributed by atoms with Gasteiger partial charge in [-0.2, -0.15) is 0 Å². The smallest absolute Gasteiger partial charge is 0.233 e. The number of sulfone groups is 1. The number of amides is 2. The van der Waals surface area contributed by atoms with Crippen LogP contribution in [-0.4, -0.2) is 56.0 Å². The minimum absolute atomic E-state index is 0.00833. The summed E-state index contributed by atoms with van der Waals surface area (Å²) in [5.74, 6) is 1.00. The summed E-state index contributed by atoms with van der Waals surface area (Å²) in [5.41, 5.74) is 1.37. The molecule has 1 fully saturated rings. The third-order valence-electron chi connectivity index (χ3n) is 6.71. The van der Waals surface area contributed by atoms with Crippen molar-refractivity contribution in [3.05, 3.63) is 63.6 Å². The minimum atomic E-state index is -3.30. The van der Waals surface area contributed by atoms with Gasteiger partial charge in [-0.15, -0.1) is 11.3 Å². The molecule has 5 rings (SSSR count). The standard InChI is InChI=1S/C25H24ClN3O5S2/c1-16(30)28-10-9-25(14-28)15-29(24(31)12-23-27-13-22(26)35-23)21-8-5-18(11-20(21)25)34-17-3-6-19(7-4-17)36(2,32)33/h3-8,11,13H,9-10,12,14-15H2,1-2H3. The molecule has 1 aromatic heterocycles.